The van der Waals surface area contributed by atoms with Crippen LogP contribution in [0.3, 0.4) is 0 Å². The van der Waals surface area contributed by atoms with E-state index >= 15 is 0 Å². The van der Waals surface area contributed by atoms with Gasteiger partial charge in [0.25, 0.3) is 0 Å². The second-order valence-corrected chi connectivity index (χ2v) is 7.36. The van der Waals surface area contributed by atoms with E-state index in [0.29, 0.717) is 23.7 Å². The van der Waals surface area contributed by atoms with E-state index in [0.717, 1.165) is 11.3 Å². The van der Waals surface area contributed by atoms with E-state index in [4.69, 9.17) is 4.74 Å². The van der Waals surface area contributed by atoms with E-state index in [-0.39, 0.29) is 12.3 Å². The maximum absolute atomic E-state index is 12.5. The molecule has 1 fully saturated rings. The number of nitrogens with one attached hydrogen (secondary N) is 1. The van der Waals surface area contributed by atoms with Crippen molar-refractivity contribution in [1.29, 1.82) is 0 Å². The summed E-state index contributed by atoms with van der Waals surface area (Å²) in [5, 5.41) is 11.4. The Morgan fingerprint density at radius 1 is 1.32 bits per heavy atom. The molecule has 2 N–H and O–H groups in total. The normalized spacial score (nSPS) is 25.4. The number of alkyl halides is 3. The van der Waals surface area contributed by atoms with Gasteiger partial charge in [-0.05, 0) is 57.4 Å². The third kappa shape index (κ3) is 3.39. The number of halogens is 3. The molecule has 2 heterocycles. The molecule has 1 saturated heterocycles. The first-order valence-corrected chi connectivity index (χ1v) is 8.98. The number of hydrogen-bond donors (Lipinski definition) is 2. The minimum absolute atomic E-state index is 0.152. The lowest BCUT2D eigenvalue weighted by Gasteiger charge is -2.36. The summed E-state index contributed by atoms with van der Waals surface area (Å²) in [6, 6.07) is 4.07. The molecule has 9 heteroatoms. The number of cyclic esters (lactones) is 1. The van der Waals surface area contributed by atoms with Crippen molar-refractivity contribution in [2.24, 2.45) is 0 Å². The Bertz CT molecular complexity index is 906. The van der Waals surface area contributed by atoms with E-state index in [1.807, 2.05) is 6.92 Å². The predicted molar refractivity (Wildman–Crippen MR) is 95.9 cm³/mol. The smallest absolute Gasteiger partial charge is 0.438 e. The highest BCUT2D eigenvalue weighted by Gasteiger charge is 2.58. The predicted octanol–water partition coefficient (Wildman–Crippen LogP) is 4.25. The summed E-state index contributed by atoms with van der Waals surface area (Å²) in [5.41, 5.74) is -0.353. The number of rotatable bonds is 5. The molecule has 1 aliphatic heterocycles. The molecule has 0 spiro atoms. The van der Waals surface area contributed by atoms with Crippen LogP contribution in [0.25, 0.3) is 10.9 Å². The van der Waals surface area contributed by atoms with Crippen molar-refractivity contribution in [2.45, 2.75) is 58.2 Å². The monoisotopic (exact) mass is 400 g/mol. The lowest BCUT2D eigenvalue weighted by molar-refractivity contribution is -0.274. The van der Waals surface area contributed by atoms with Crippen LogP contribution in [0.4, 0.5) is 18.0 Å². The molecule has 0 saturated carbocycles. The van der Waals surface area contributed by atoms with Gasteiger partial charge in [0.2, 0.25) is 0 Å². The first kappa shape index (κ1) is 20.3. The molecular formula is C19H23F3N2O4. The van der Waals surface area contributed by atoms with E-state index in [2.05, 4.69) is 9.72 Å². The fourth-order valence-corrected chi connectivity index (χ4v) is 3.63. The van der Waals surface area contributed by atoms with Crippen LogP contribution in [0.5, 0.6) is 5.75 Å². The highest BCUT2D eigenvalue weighted by atomic mass is 19.4. The van der Waals surface area contributed by atoms with Crippen molar-refractivity contribution >= 4 is 17.0 Å². The largest absolute Gasteiger partial charge is 0.573 e. The molecule has 1 aromatic carbocycles. The fraction of sp³-hybridized carbons (Fsp3) is 0.526. The van der Waals surface area contributed by atoms with Crippen LogP contribution in [0, 0.1) is 6.92 Å². The van der Waals surface area contributed by atoms with Gasteiger partial charge in [-0.3, -0.25) is 4.90 Å². The van der Waals surface area contributed by atoms with Gasteiger partial charge >= 0.3 is 12.5 Å². The van der Waals surface area contributed by atoms with Crippen molar-refractivity contribution in [3.8, 4) is 5.75 Å². The molecule has 0 aliphatic carbocycles. The van der Waals surface area contributed by atoms with E-state index < -0.39 is 23.8 Å². The Labute approximate surface area is 160 Å². The first-order valence-electron chi connectivity index (χ1n) is 8.98. The van der Waals surface area contributed by atoms with Gasteiger partial charge in [-0.2, -0.15) is 0 Å². The number of nitrogens with zero attached hydrogens (tertiary/aromatic N) is 1. The lowest BCUT2D eigenvalue weighted by atomic mass is 9.90. The third-order valence-electron chi connectivity index (χ3n) is 5.65. The Morgan fingerprint density at radius 3 is 2.57 bits per heavy atom. The average molecular weight is 400 g/mol. The van der Waals surface area contributed by atoms with Gasteiger partial charge in [-0.1, -0.05) is 6.92 Å². The second-order valence-electron chi connectivity index (χ2n) is 7.36. The standard InChI is InChI=1S/C19H23F3N2O4/c1-5-17(3)18(4,26)24(16(25)28-17)9-8-13-11(2)23-15-7-6-12(10-14(13)15)27-19(20,21)22/h6-7,10,23,26H,5,8-9H2,1-4H3. The van der Waals surface area contributed by atoms with Gasteiger partial charge in [0.05, 0.1) is 0 Å². The molecule has 1 amide bonds. The number of fused-ring (bicyclic) bond motifs is 1. The molecular weight excluding hydrogens is 377 g/mol. The summed E-state index contributed by atoms with van der Waals surface area (Å²) in [5.74, 6) is -0.314. The molecule has 3 rings (SSSR count). The maximum Gasteiger partial charge on any atom is 0.573 e. The number of amides is 1. The Kier molecular flexibility index (Phi) is 4.77. The number of aromatic nitrogens is 1. The van der Waals surface area contributed by atoms with Crippen LogP contribution in [0.15, 0.2) is 18.2 Å². The Morgan fingerprint density at radius 2 is 2.00 bits per heavy atom. The van der Waals surface area contributed by atoms with Crippen molar-refractivity contribution in [3.63, 3.8) is 0 Å². The SMILES string of the molecule is CCC1(C)OC(=O)N(CCc2c(C)[nH]c3ccc(OC(F)(F)F)cc23)C1(C)O. The number of aryl methyl sites for hydroxylation is 1. The third-order valence-corrected chi connectivity index (χ3v) is 5.65. The summed E-state index contributed by atoms with van der Waals surface area (Å²) >= 11 is 0. The van der Waals surface area contributed by atoms with Crippen molar-refractivity contribution in [3.05, 3.63) is 29.5 Å². The Balaban J connectivity index is 1.87. The van der Waals surface area contributed by atoms with Crippen molar-refractivity contribution in [1.82, 2.24) is 9.88 Å². The van der Waals surface area contributed by atoms with E-state index in [1.54, 1.807) is 13.8 Å². The summed E-state index contributed by atoms with van der Waals surface area (Å²) < 4.78 is 46.9. The summed E-state index contributed by atoms with van der Waals surface area (Å²) in [6.07, 6.45) is -4.63. The summed E-state index contributed by atoms with van der Waals surface area (Å²) in [4.78, 5) is 16.6. The number of H-pyrrole nitrogens is 1. The Hall–Kier alpha value is -2.42. The lowest BCUT2D eigenvalue weighted by Crippen LogP contribution is -2.55. The molecule has 0 radical (unpaired) electrons. The molecule has 154 valence electrons. The maximum atomic E-state index is 12.5. The van der Waals surface area contributed by atoms with Crippen LogP contribution in [-0.2, 0) is 11.2 Å². The quantitative estimate of drug-likeness (QED) is 0.787. The molecule has 2 unspecified atom stereocenters. The first-order chi connectivity index (χ1) is 12.9. The topological polar surface area (TPSA) is 74.8 Å². The van der Waals surface area contributed by atoms with Crippen molar-refractivity contribution < 1.29 is 32.5 Å². The molecule has 0 bridgehead atoms. The fourth-order valence-electron chi connectivity index (χ4n) is 3.63. The van der Waals surface area contributed by atoms with Gasteiger partial charge in [0.15, 0.2) is 11.3 Å². The molecule has 28 heavy (non-hydrogen) atoms. The number of aliphatic hydroxyl groups is 1. The van der Waals surface area contributed by atoms with Crippen LogP contribution in [0.2, 0.25) is 0 Å². The average Bonchev–Trinajstić information content (AvgIpc) is 2.96. The van der Waals surface area contributed by atoms with Crippen LogP contribution >= 0.6 is 0 Å². The highest BCUT2D eigenvalue weighted by molar-refractivity contribution is 5.86. The minimum Gasteiger partial charge on any atom is -0.438 e. The van der Waals surface area contributed by atoms with Gasteiger partial charge in [-0.15, -0.1) is 13.2 Å². The molecule has 2 aromatic rings. The molecule has 1 aliphatic rings. The zero-order chi connectivity index (χ0) is 20.9. The second kappa shape index (κ2) is 6.58. The van der Waals surface area contributed by atoms with Crippen LogP contribution in [0.1, 0.15) is 38.4 Å². The molecule has 1 aromatic heterocycles. The molecule has 2 atom stereocenters. The number of carbonyl (C=O) groups excluding carboxylic acids is 1. The van der Waals surface area contributed by atoms with E-state index in [1.165, 1.54) is 30.0 Å². The van der Waals surface area contributed by atoms with Gasteiger partial charge in [-0.25, -0.2) is 4.79 Å². The number of carbonyl (C=O) groups is 1. The number of hydrogen-bond acceptors (Lipinski definition) is 4. The van der Waals surface area contributed by atoms with Crippen LogP contribution < -0.4 is 4.74 Å². The molecule has 6 nitrogen and oxygen atoms in total. The van der Waals surface area contributed by atoms with Gasteiger partial charge in [0, 0.05) is 23.1 Å². The van der Waals surface area contributed by atoms with E-state index in [9.17, 15) is 23.1 Å². The zero-order valence-corrected chi connectivity index (χ0v) is 16.1. The van der Waals surface area contributed by atoms with Crippen LogP contribution in [-0.4, -0.2) is 45.3 Å². The zero-order valence-electron chi connectivity index (χ0n) is 16.1. The minimum atomic E-state index is -4.78. The summed E-state index contributed by atoms with van der Waals surface area (Å²) in [7, 11) is 0. The van der Waals surface area contributed by atoms with Gasteiger partial charge in [0.1, 0.15) is 5.75 Å². The van der Waals surface area contributed by atoms with Crippen molar-refractivity contribution in [2.75, 3.05) is 6.54 Å². The highest BCUT2D eigenvalue weighted by Crippen LogP contribution is 2.40. The number of aromatic amines is 1. The van der Waals surface area contributed by atoms with Gasteiger partial charge < -0.3 is 19.6 Å². The number of ether oxygens (including phenoxy) is 2. The number of benzene rings is 1. The summed E-state index contributed by atoms with van der Waals surface area (Å²) in [6.45, 7) is 6.97.